The van der Waals surface area contributed by atoms with Crippen LogP contribution >= 0.6 is 0 Å². The van der Waals surface area contributed by atoms with Gasteiger partial charge in [0.05, 0.1) is 21.1 Å². The third-order valence-corrected chi connectivity index (χ3v) is 3.02. The molecule has 0 aromatic rings. The number of rotatable bonds is 12. The summed E-state index contributed by atoms with van der Waals surface area (Å²) in [6.07, 6.45) is 14.1. The first-order valence-electron chi connectivity index (χ1n) is 8.42. The third-order valence-electron chi connectivity index (χ3n) is 3.02. The summed E-state index contributed by atoms with van der Waals surface area (Å²) in [5.74, 6) is -1.74. The molecule has 0 rings (SSSR count). The average Bonchev–Trinajstić information content (AvgIpc) is 2.42. The second-order valence-corrected chi connectivity index (χ2v) is 6.71. The minimum Gasteiger partial charge on any atom is -0.550 e. The Balaban J connectivity index is 4.22. The lowest BCUT2D eigenvalue weighted by molar-refractivity contribution is -0.873. The van der Waals surface area contributed by atoms with Crippen molar-refractivity contribution < 1.29 is 23.9 Å². The number of carboxylic acid groups (broad SMARTS) is 1. The van der Waals surface area contributed by atoms with Crippen LogP contribution in [0.15, 0.2) is 36.5 Å². The molecule has 0 bridgehead atoms. The maximum atomic E-state index is 11.8. The van der Waals surface area contributed by atoms with Gasteiger partial charge in [-0.05, 0) is 19.3 Å². The number of allylic oxidation sites excluding steroid dienone is 5. The topological polar surface area (TPSA) is 66.4 Å². The number of carboxylic acids is 1. The van der Waals surface area contributed by atoms with E-state index in [1.165, 1.54) is 6.08 Å². The van der Waals surface area contributed by atoms with Crippen LogP contribution < -0.4 is 5.11 Å². The summed E-state index contributed by atoms with van der Waals surface area (Å²) in [5.41, 5.74) is 0. The highest BCUT2D eigenvalue weighted by Crippen LogP contribution is 2.05. The van der Waals surface area contributed by atoms with E-state index in [2.05, 4.69) is 19.1 Å². The molecule has 0 aliphatic rings. The molecule has 136 valence electrons. The molecule has 0 aliphatic heterocycles. The third kappa shape index (κ3) is 15.0. The van der Waals surface area contributed by atoms with Crippen LogP contribution in [0.25, 0.3) is 0 Å². The normalized spacial score (nSPS) is 13.8. The number of hydrogen-bond donors (Lipinski definition) is 0. The van der Waals surface area contributed by atoms with Crippen molar-refractivity contribution in [2.75, 3.05) is 27.7 Å². The Hall–Kier alpha value is -1.88. The fourth-order valence-corrected chi connectivity index (χ4v) is 2.04. The van der Waals surface area contributed by atoms with Crippen molar-refractivity contribution in [1.82, 2.24) is 0 Å². The monoisotopic (exact) mass is 337 g/mol. The first-order chi connectivity index (χ1) is 11.2. The largest absolute Gasteiger partial charge is 0.550 e. The molecule has 0 radical (unpaired) electrons. The zero-order valence-corrected chi connectivity index (χ0v) is 15.4. The highest BCUT2D eigenvalue weighted by Gasteiger charge is 2.21. The van der Waals surface area contributed by atoms with E-state index in [-0.39, 0.29) is 6.42 Å². The summed E-state index contributed by atoms with van der Waals surface area (Å²) in [5, 5.41) is 10.8. The number of likely N-dealkylation sites (N-methyl/N-ethyl adjacent to an activating group) is 1. The second kappa shape index (κ2) is 12.5. The van der Waals surface area contributed by atoms with Crippen LogP contribution in [0.5, 0.6) is 0 Å². The highest BCUT2D eigenvalue weighted by molar-refractivity contribution is 5.82. The number of quaternary nitrogens is 1. The maximum absolute atomic E-state index is 11.8. The van der Waals surface area contributed by atoms with Gasteiger partial charge in [0.2, 0.25) is 0 Å². The Kier molecular flexibility index (Phi) is 11.5. The molecule has 5 heteroatoms. The molecule has 0 aliphatic carbocycles. The van der Waals surface area contributed by atoms with Crippen LogP contribution in [0.3, 0.4) is 0 Å². The molecule has 0 N–H and O–H groups in total. The lowest BCUT2D eigenvalue weighted by Crippen LogP contribution is -2.45. The van der Waals surface area contributed by atoms with E-state index in [9.17, 15) is 14.7 Å². The number of hydrogen-bond acceptors (Lipinski definition) is 4. The van der Waals surface area contributed by atoms with Crippen LogP contribution in [0.2, 0.25) is 0 Å². The summed E-state index contributed by atoms with van der Waals surface area (Å²) < 4.78 is 5.72. The molecule has 1 atom stereocenters. The van der Waals surface area contributed by atoms with Crippen LogP contribution in [-0.4, -0.2) is 50.2 Å². The SMILES string of the molecule is CCC/C=C/C/C=C/C/C=C/C(=O)OC(CC(=O)[O-])C[N+](C)(C)C. The number of aliphatic carboxylic acids is 1. The lowest BCUT2D eigenvalue weighted by atomic mass is 10.2. The van der Waals surface area contributed by atoms with Crippen LogP contribution in [0.1, 0.15) is 39.0 Å². The smallest absolute Gasteiger partial charge is 0.330 e. The van der Waals surface area contributed by atoms with Gasteiger partial charge < -0.3 is 19.1 Å². The molecule has 0 aromatic carbocycles. The van der Waals surface area contributed by atoms with E-state index in [0.29, 0.717) is 17.4 Å². The van der Waals surface area contributed by atoms with Crippen molar-refractivity contribution in [3.8, 4) is 0 Å². The van der Waals surface area contributed by atoms with Crippen LogP contribution in [0, 0.1) is 0 Å². The Bertz CT molecular complexity index is 458. The Morgan fingerprint density at radius 1 is 1.04 bits per heavy atom. The Labute approximate surface area is 145 Å². The van der Waals surface area contributed by atoms with Gasteiger partial charge in [-0.25, -0.2) is 4.79 Å². The minimum absolute atomic E-state index is 0.293. The molecular formula is C19H31NO4. The van der Waals surface area contributed by atoms with Crippen LogP contribution in [-0.2, 0) is 14.3 Å². The van der Waals surface area contributed by atoms with E-state index < -0.39 is 18.0 Å². The molecule has 1 unspecified atom stereocenters. The fraction of sp³-hybridized carbons (Fsp3) is 0.579. The van der Waals surface area contributed by atoms with E-state index in [1.54, 1.807) is 6.08 Å². The first kappa shape index (κ1) is 22.1. The molecular weight excluding hydrogens is 306 g/mol. The van der Waals surface area contributed by atoms with Crippen molar-refractivity contribution in [3.05, 3.63) is 36.5 Å². The fourth-order valence-electron chi connectivity index (χ4n) is 2.04. The van der Waals surface area contributed by atoms with Crippen molar-refractivity contribution in [2.24, 2.45) is 0 Å². The standard InChI is InChI=1S/C19H31NO4/c1-5-6-7-8-9-10-11-12-13-14-19(23)24-17(15-18(21)22)16-20(2,3)4/h7-8,10-11,13-14,17H,5-6,9,12,15-16H2,1-4H3/b8-7+,11-10+,14-13+. The molecule has 0 fully saturated rings. The van der Waals surface area contributed by atoms with Gasteiger partial charge >= 0.3 is 5.97 Å². The molecule has 24 heavy (non-hydrogen) atoms. The summed E-state index contributed by atoms with van der Waals surface area (Å²) >= 11 is 0. The number of unbranched alkanes of at least 4 members (excludes halogenated alkanes) is 1. The first-order valence-corrected chi connectivity index (χ1v) is 8.42. The Morgan fingerprint density at radius 3 is 2.17 bits per heavy atom. The minimum atomic E-state index is -1.22. The molecule has 0 heterocycles. The number of ether oxygens (including phenoxy) is 1. The van der Waals surface area contributed by atoms with E-state index in [4.69, 9.17) is 4.74 Å². The molecule has 0 spiro atoms. The quantitative estimate of drug-likeness (QED) is 0.236. The summed E-state index contributed by atoms with van der Waals surface area (Å²) in [4.78, 5) is 22.5. The summed E-state index contributed by atoms with van der Waals surface area (Å²) in [6.45, 7) is 2.56. The van der Waals surface area contributed by atoms with Gasteiger partial charge in [0.15, 0.2) is 6.10 Å². The Morgan fingerprint density at radius 2 is 1.62 bits per heavy atom. The molecule has 0 saturated carbocycles. The van der Waals surface area contributed by atoms with Crippen molar-refractivity contribution >= 4 is 11.9 Å². The van der Waals surface area contributed by atoms with E-state index >= 15 is 0 Å². The highest BCUT2D eigenvalue weighted by atomic mass is 16.5. The predicted octanol–water partition coefficient (Wildman–Crippen LogP) is 1.99. The van der Waals surface area contributed by atoms with E-state index in [1.807, 2.05) is 33.3 Å². The molecule has 0 amide bonds. The molecule has 0 saturated heterocycles. The average molecular weight is 337 g/mol. The van der Waals surface area contributed by atoms with Gasteiger partial charge in [0, 0.05) is 18.5 Å². The zero-order valence-electron chi connectivity index (χ0n) is 15.4. The number of carbonyl (C=O) groups excluding carboxylic acids is 2. The van der Waals surface area contributed by atoms with Gasteiger partial charge in [0.1, 0.15) is 6.54 Å². The summed E-state index contributed by atoms with van der Waals surface area (Å²) in [7, 11) is 5.73. The van der Waals surface area contributed by atoms with Gasteiger partial charge in [-0.3, -0.25) is 0 Å². The number of nitrogens with zero attached hydrogens (tertiary/aromatic N) is 1. The van der Waals surface area contributed by atoms with Crippen LogP contribution in [0.4, 0.5) is 0 Å². The lowest BCUT2D eigenvalue weighted by Gasteiger charge is -2.29. The van der Waals surface area contributed by atoms with Gasteiger partial charge in [-0.15, -0.1) is 0 Å². The predicted molar refractivity (Wildman–Crippen MR) is 94.0 cm³/mol. The van der Waals surface area contributed by atoms with E-state index in [0.717, 1.165) is 19.3 Å². The summed E-state index contributed by atoms with van der Waals surface area (Å²) in [6, 6.07) is 0. The van der Waals surface area contributed by atoms with Gasteiger partial charge in [-0.2, -0.15) is 0 Å². The number of esters is 1. The number of carbonyl (C=O) groups is 2. The van der Waals surface area contributed by atoms with Gasteiger partial charge in [-0.1, -0.05) is 43.7 Å². The zero-order chi connectivity index (χ0) is 18.4. The molecule has 5 nitrogen and oxygen atoms in total. The second-order valence-electron chi connectivity index (χ2n) is 6.71. The van der Waals surface area contributed by atoms with Crippen molar-refractivity contribution in [3.63, 3.8) is 0 Å². The maximum Gasteiger partial charge on any atom is 0.330 e. The van der Waals surface area contributed by atoms with Gasteiger partial charge in [0.25, 0.3) is 0 Å². The van der Waals surface area contributed by atoms with Crippen molar-refractivity contribution in [1.29, 1.82) is 0 Å². The molecule has 0 aromatic heterocycles. The van der Waals surface area contributed by atoms with Crippen molar-refractivity contribution in [2.45, 2.75) is 45.1 Å².